The fourth-order valence-electron chi connectivity index (χ4n) is 10.1. The second-order valence-electron chi connectivity index (χ2n) is 17.9. The summed E-state index contributed by atoms with van der Waals surface area (Å²) in [6, 6.07) is 12.6. The topological polar surface area (TPSA) is 165 Å². The van der Waals surface area contributed by atoms with Crippen molar-refractivity contribution in [1.29, 1.82) is 0 Å². The van der Waals surface area contributed by atoms with Crippen molar-refractivity contribution in [1.82, 2.24) is 34.6 Å². The Morgan fingerprint density at radius 2 is 1.61 bits per heavy atom. The predicted octanol–water partition coefficient (Wildman–Crippen LogP) is 5.25. The molecular formula is C47H56F2N10O5. The molecule has 15 nitrogen and oxygen atoms in total. The number of rotatable bonds is 5. The minimum atomic E-state index is -2.95. The number of benzene rings is 2. The predicted molar refractivity (Wildman–Crippen MR) is 238 cm³/mol. The molecule has 6 aliphatic rings. The minimum Gasteiger partial charge on any atom is -0.376 e. The lowest BCUT2D eigenvalue weighted by molar-refractivity contribution is -0.137. The maximum Gasteiger partial charge on any atom is 0.276 e. The first-order valence-corrected chi connectivity index (χ1v) is 22.8. The van der Waals surface area contributed by atoms with Crippen molar-refractivity contribution in [2.75, 3.05) is 67.9 Å². The fraction of sp³-hybridized carbons (Fsp3) is 0.511. The molecule has 17 heteroatoms. The quantitative estimate of drug-likeness (QED) is 0.224. The number of alkyl halides is 2. The van der Waals surface area contributed by atoms with Crippen molar-refractivity contribution >= 4 is 51.9 Å². The summed E-state index contributed by atoms with van der Waals surface area (Å²) in [6.07, 6.45) is 7.56. The molecule has 6 aliphatic heterocycles. The van der Waals surface area contributed by atoms with E-state index >= 15 is 8.78 Å². The molecule has 0 spiro atoms. The minimum absolute atomic E-state index is 0.0181. The second-order valence-corrected chi connectivity index (χ2v) is 17.9. The molecule has 0 aliphatic carbocycles. The Balaban J connectivity index is 0.913. The first-order valence-electron chi connectivity index (χ1n) is 22.8. The summed E-state index contributed by atoms with van der Waals surface area (Å²) in [6.45, 7) is 6.40. The van der Waals surface area contributed by atoms with Crippen LogP contribution in [0, 0.1) is 5.92 Å². The first kappa shape index (κ1) is 43.3. The maximum atomic E-state index is 16.1. The molecule has 2 aromatic heterocycles. The Morgan fingerprint density at radius 3 is 2.39 bits per heavy atom. The van der Waals surface area contributed by atoms with Gasteiger partial charge in [-0.1, -0.05) is 43.5 Å². The number of amides is 4. The van der Waals surface area contributed by atoms with E-state index in [1.54, 1.807) is 33.7 Å². The van der Waals surface area contributed by atoms with Crippen LogP contribution in [-0.4, -0.2) is 111 Å². The van der Waals surface area contributed by atoms with Gasteiger partial charge in [0.05, 0.1) is 11.9 Å². The Morgan fingerprint density at radius 1 is 0.859 bits per heavy atom. The third-order valence-electron chi connectivity index (χ3n) is 13.9. The van der Waals surface area contributed by atoms with Gasteiger partial charge >= 0.3 is 0 Å². The summed E-state index contributed by atoms with van der Waals surface area (Å²) in [5.74, 6) is -4.42. The molecule has 0 radical (unpaired) electrons. The smallest absolute Gasteiger partial charge is 0.276 e. The van der Waals surface area contributed by atoms with Gasteiger partial charge in [0.15, 0.2) is 0 Å². The highest BCUT2D eigenvalue weighted by molar-refractivity contribution is 6.06. The van der Waals surface area contributed by atoms with E-state index in [1.807, 2.05) is 30.0 Å². The zero-order valence-corrected chi connectivity index (χ0v) is 36.3. The number of aryl methyl sites for hydroxylation is 1. The van der Waals surface area contributed by atoms with E-state index in [9.17, 15) is 24.0 Å². The summed E-state index contributed by atoms with van der Waals surface area (Å²) in [5.41, 5.74) is 3.34. The van der Waals surface area contributed by atoms with Gasteiger partial charge < -0.3 is 30.2 Å². The van der Waals surface area contributed by atoms with E-state index in [0.717, 1.165) is 38.6 Å². The lowest BCUT2D eigenvalue weighted by Crippen LogP contribution is -2.52. The number of piperazine rings is 1. The number of nitrogens with one attached hydrogen (secondary N) is 3. The summed E-state index contributed by atoms with van der Waals surface area (Å²) < 4.78 is 33.9. The molecule has 8 bridgehead atoms. The second kappa shape index (κ2) is 18.3. The van der Waals surface area contributed by atoms with Crippen LogP contribution in [0.3, 0.4) is 0 Å². The Bertz CT molecular complexity index is 2500. The van der Waals surface area contributed by atoms with Crippen LogP contribution in [0.25, 0.3) is 11.0 Å². The number of aromatic nitrogens is 3. The summed E-state index contributed by atoms with van der Waals surface area (Å²) in [5, 5.41) is 9.67. The molecule has 10 rings (SSSR count). The van der Waals surface area contributed by atoms with Crippen LogP contribution in [0.4, 0.5) is 26.0 Å². The molecule has 2 atom stereocenters. The highest BCUT2D eigenvalue weighted by Crippen LogP contribution is 2.42. The molecule has 2 aromatic carbocycles. The number of halogens is 2. The average molecular weight is 879 g/mol. The molecule has 4 amide bonds. The van der Waals surface area contributed by atoms with Gasteiger partial charge in [0.25, 0.3) is 17.4 Å². The third-order valence-corrected chi connectivity index (χ3v) is 13.9. The van der Waals surface area contributed by atoms with E-state index in [1.165, 1.54) is 17.3 Å². The van der Waals surface area contributed by atoms with Gasteiger partial charge in [0, 0.05) is 80.0 Å². The number of imide groups is 1. The zero-order chi connectivity index (χ0) is 44.5. The molecule has 4 aromatic rings. The molecule has 3 fully saturated rings. The van der Waals surface area contributed by atoms with Crippen LogP contribution in [0.5, 0.6) is 0 Å². The number of carbonyl (C=O) groups is 4. The lowest BCUT2D eigenvalue weighted by atomic mass is 9.85. The lowest BCUT2D eigenvalue weighted by Gasteiger charge is -2.36. The number of fused-ring (bicyclic) bond motifs is 10. The molecule has 338 valence electrons. The van der Waals surface area contributed by atoms with Gasteiger partial charge in [-0.3, -0.25) is 33.9 Å². The van der Waals surface area contributed by atoms with Gasteiger partial charge in [0.2, 0.25) is 17.7 Å². The van der Waals surface area contributed by atoms with Crippen LogP contribution in [0.15, 0.2) is 59.7 Å². The standard InChI is InChI=1S/C47H56F2N10O5/c1-30-31-9-7-10-33(25-31)47(48,49)32-15-19-55(20-16-32)17-5-3-2-4-6-18-58-43-35(42(53-30)51-29-52-43)26-39(46(58)64)56-21-23-57(24-22-56)41(61)27-50-37-12-8-11-34-36(37)28-59(45(34)63)38-13-14-40(60)54-44(38)62/h7-12,25-26,29-30,32,38,50H,2-6,13-24,27-28H2,1H3,(H,51,52,53)(H,54,60,62)/t30-,38?/m1/s1. The van der Waals surface area contributed by atoms with Crippen molar-refractivity contribution in [3.63, 3.8) is 0 Å². The zero-order valence-electron chi connectivity index (χ0n) is 36.3. The van der Waals surface area contributed by atoms with Crippen LogP contribution in [-0.2, 0) is 33.4 Å². The fourth-order valence-corrected chi connectivity index (χ4v) is 10.1. The normalized spacial score (nSPS) is 24.2. The van der Waals surface area contributed by atoms with Gasteiger partial charge in [-0.2, -0.15) is 0 Å². The van der Waals surface area contributed by atoms with E-state index in [0.29, 0.717) is 104 Å². The van der Waals surface area contributed by atoms with Crippen LogP contribution >= 0.6 is 0 Å². The average Bonchev–Trinajstić information content (AvgIpc) is 3.64. The highest BCUT2D eigenvalue weighted by Gasteiger charge is 2.43. The van der Waals surface area contributed by atoms with E-state index in [4.69, 9.17) is 0 Å². The Labute approximate surface area is 370 Å². The highest BCUT2D eigenvalue weighted by atomic mass is 19.3. The van der Waals surface area contributed by atoms with E-state index in [-0.39, 0.29) is 54.8 Å². The molecule has 0 saturated carbocycles. The van der Waals surface area contributed by atoms with Crippen molar-refractivity contribution < 1.29 is 28.0 Å². The van der Waals surface area contributed by atoms with Gasteiger partial charge in [0.1, 0.15) is 29.5 Å². The molecule has 64 heavy (non-hydrogen) atoms. The van der Waals surface area contributed by atoms with Crippen molar-refractivity contribution in [2.24, 2.45) is 5.92 Å². The monoisotopic (exact) mass is 878 g/mol. The summed E-state index contributed by atoms with van der Waals surface area (Å²) in [7, 11) is 0. The van der Waals surface area contributed by atoms with Gasteiger partial charge in [-0.15, -0.1) is 0 Å². The molecular weight excluding hydrogens is 823 g/mol. The number of pyridine rings is 1. The molecule has 3 saturated heterocycles. The van der Waals surface area contributed by atoms with Crippen molar-refractivity contribution in [3.05, 3.63) is 87.5 Å². The number of hydrogen-bond acceptors (Lipinski definition) is 11. The summed E-state index contributed by atoms with van der Waals surface area (Å²) in [4.78, 5) is 82.5. The van der Waals surface area contributed by atoms with Crippen molar-refractivity contribution in [2.45, 2.75) is 95.8 Å². The number of hydrogen-bond donors (Lipinski definition) is 3. The molecule has 8 heterocycles. The van der Waals surface area contributed by atoms with Crippen LogP contribution < -0.4 is 26.4 Å². The van der Waals surface area contributed by atoms with E-state index < -0.39 is 29.8 Å². The van der Waals surface area contributed by atoms with Crippen LogP contribution in [0.1, 0.15) is 97.8 Å². The SMILES string of the molecule is C[C@H]1Nc2ncnc3c2cc(N2CCN(C(=O)CNc4cccc5c4CN(C4CCC(=O)NC4=O)C5=O)CC2)c(=O)n3CCCCCCCN2CCC(CC2)C(F)(F)c2cccc1c2. The molecule has 1 unspecified atom stereocenters. The van der Waals surface area contributed by atoms with Crippen LogP contribution in [0.2, 0.25) is 0 Å². The Hall–Kier alpha value is -5.97. The van der Waals surface area contributed by atoms with Gasteiger partial charge in [-0.25, -0.2) is 18.7 Å². The van der Waals surface area contributed by atoms with E-state index in [2.05, 4.69) is 30.8 Å². The maximum absolute atomic E-state index is 16.1. The number of anilines is 3. The Kier molecular flexibility index (Phi) is 12.3. The first-order chi connectivity index (χ1) is 31.0. The van der Waals surface area contributed by atoms with Gasteiger partial charge in [-0.05, 0) is 88.5 Å². The van der Waals surface area contributed by atoms with Crippen molar-refractivity contribution in [3.8, 4) is 0 Å². The third kappa shape index (κ3) is 8.65. The largest absolute Gasteiger partial charge is 0.376 e. The number of carbonyl (C=O) groups excluding carboxylic acids is 4. The molecule has 3 N–H and O–H groups in total. The number of nitrogens with zero attached hydrogens (tertiary/aromatic N) is 7. The summed E-state index contributed by atoms with van der Waals surface area (Å²) >= 11 is 0. The number of piperidine rings is 2.